The van der Waals surface area contributed by atoms with Crippen molar-refractivity contribution in [1.29, 1.82) is 0 Å². The van der Waals surface area contributed by atoms with Crippen LogP contribution in [0.15, 0.2) is 24.4 Å². The predicted molar refractivity (Wildman–Crippen MR) is 83.4 cm³/mol. The highest BCUT2D eigenvalue weighted by molar-refractivity contribution is 6.30. The Bertz CT molecular complexity index is 707. The number of benzene rings is 1. The van der Waals surface area contributed by atoms with Gasteiger partial charge in [0.2, 0.25) is 0 Å². The fourth-order valence-electron chi connectivity index (χ4n) is 2.86. The first-order valence-electron chi connectivity index (χ1n) is 7.25. The number of aromatic nitrogens is 3. The molecule has 0 saturated carbocycles. The molecule has 1 aliphatic heterocycles. The van der Waals surface area contributed by atoms with Gasteiger partial charge in [-0.1, -0.05) is 11.6 Å². The Morgan fingerprint density at radius 1 is 1.52 bits per heavy atom. The van der Waals surface area contributed by atoms with Crippen LogP contribution in [-0.4, -0.2) is 51.5 Å². The van der Waals surface area contributed by atoms with Gasteiger partial charge in [-0.25, -0.2) is 0 Å². The molecular weight excluding hydrogens is 320 g/mol. The molecular formula is C15H17ClN4O3. The third-order valence-corrected chi connectivity index (χ3v) is 4.28. The second-order valence-corrected chi connectivity index (χ2v) is 6.00. The van der Waals surface area contributed by atoms with Crippen molar-refractivity contribution in [2.24, 2.45) is 0 Å². The molecule has 1 aromatic heterocycles. The van der Waals surface area contributed by atoms with E-state index in [1.807, 2.05) is 0 Å². The lowest BCUT2D eigenvalue weighted by Crippen LogP contribution is -2.48. The number of likely N-dealkylation sites (tertiary alicyclic amines) is 1. The number of hydrogen-bond donors (Lipinski definition) is 2. The van der Waals surface area contributed by atoms with Crippen molar-refractivity contribution in [3.05, 3.63) is 40.7 Å². The molecule has 0 spiro atoms. The number of rotatable bonds is 3. The summed E-state index contributed by atoms with van der Waals surface area (Å²) in [6.45, 7) is 0.717. The number of β-amino-alcohol motifs (C(OH)–C–C–N with tert-alkyl or cyclic N) is 1. The summed E-state index contributed by atoms with van der Waals surface area (Å²) in [5.74, 6) is 0.207. The molecule has 7 nitrogen and oxygen atoms in total. The Kier molecular flexibility index (Phi) is 4.23. The quantitative estimate of drug-likeness (QED) is 0.888. The van der Waals surface area contributed by atoms with Gasteiger partial charge in [0.25, 0.3) is 5.91 Å². The summed E-state index contributed by atoms with van der Waals surface area (Å²) in [5.41, 5.74) is -0.333. The maximum atomic E-state index is 12.8. The second-order valence-electron chi connectivity index (χ2n) is 5.56. The number of methoxy groups -OCH3 is 1. The van der Waals surface area contributed by atoms with Crippen LogP contribution in [0.1, 0.15) is 28.9 Å². The molecule has 8 heteroatoms. The first kappa shape index (κ1) is 15.8. The smallest absolute Gasteiger partial charge is 0.257 e. The summed E-state index contributed by atoms with van der Waals surface area (Å²) in [5, 5.41) is 21.5. The van der Waals surface area contributed by atoms with Gasteiger partial charge in [0, 0.05) is 11.6 Å². The number of hydrogen-bond acceptors (Lipinski definition) is 5. The maximum absolute atomic E-state index is 12.8. The highest BCUT2D eigenvalue weighted by atomic mass is 35.5. The Labute approximate surface area is 138 Å². The lowest BCUT2D eigenvalue weighted by Gasteiger charge is -2.38. The van der Waals surface area contributed by atoms with Crippen molar-refractivity contribution in [1.82, 2.24) is 20.3 Å². The van der Waals surface area contributed by atoms with E-state index in [2.05, 4.69) is 15.4 Å². The van der Waals surface area contributed by atoms with Gasteiger partial charge in [0.1, 0.15) is 17.0 Å². The lowest BCUT2D eigenvalue weighted by atomic mass is 9.89. The Hall–Kier alpha value is -2.12. The number of halogens is 1. The summed E-state index contributed by atoms with van der Waals surface area (Å²) in [7, 11) is 1.49. The number of ether oxygens (including phenoxy) is 1. The molecule has 3 rings (SSSR count). The monoisotopic (exact) mass is 336 g/mol. The van der Waals surface area contributed by atoms with E-state index in [0.29, 0.717) is 41.4 Å². The number of H-pyrrole nitrogens is 1. The van der Waals surface area contributed by atoms with Crippen LogP contribution in [-0.2, 0) is 5.60 Å². The average Bonchev–Trinajstić information content (AvgIpc) is 3.09. The van der Waals surface area contributed by atoms with Crippen molar-refractivity contribution < 1.29 is 14.6 Å². The van der Waals surface area contributed by atoms with E-state index in [4.69, 9.17) is 16.3 Å². The highest BCUT2D eigenvalue weighted by Gasteiger charge is 2.39. The van der Waals surface area contributed by atoms with Gasteiger partial charge in [0.15, 0.2) is 0 Å². The predicted octanol–water partition coefficient (Wildman–Crippen LogP) is 1.59. The Morgan fingerprint density at radius 2 is 2.35 bits per heavy atom. The Morgan fingerprint density at radius 3 is 3.04 bits per heavy atom. The van der Waals surface area contributed by atoms with Crippen LogP contribution >= 0.6 is 11.6 Å². The summed E-state index contributed by atoms with van der Waals surface area (Å²) < 4.78 is 5.24. The molecule has 1 amide bonds. The molecule has 0 bridgehead atoms. The number of carbonyl (C=O) groups excluding carboxylic acids is 1. The van der Waals surface area contributed by atoms with E-state index in [1.54, 1.807) is 23.1 Å². The van der Waals surface area contributed by atoms with Gasteiger partial charge in [-0.15, -0.1) is 0 Å². The number of nitrogens with zero attached hydrogens (tertiary/aromatic N) is 3. The highest BCUT2D eigenvalue weighted by Crippen LogP contribution is 2.32. The van der Waals surface area contributed by atoms with E-state index in [1.165, 1.54) is 13.3 Å². The van der Waals surface area contributed by atoms with Gasteiger partial charge in [-0.2, -0.15) is 15.4 Å². The minimum Gasteiger partial charge on any atom is -0.496 e. The van der Waals surface area contributed by atoms with E-state index in [9.17, 15) is 9.90 Å². The Balaban J connectivity index is 1.85. The molecule has 2 heterocycles. The van der Waals surface area contributed by atoms with Crippen LogP contribution in [0.3, 0.4) is 0 Å². The number of amides is 1. The van der Waals surface area contributed by atoms with Gasteiger partial charge in [0.05, 0.1) is 25.4 Å². The molecule has 0 unspecified atom stereocenters. The fraction of sp³-hybridized carbons (Fsp3) is 0.400. The zero-order chi connectivity index (χ0) is 16.4. The van der Waals surface area contributed by atoms with Crippen molar-refractivity contribution in [3.63, 3.8) is 0 Å². The first-order valence-corrected chi connectivity index (χ1v) is 7.63. The van der Waals surface area contributed by atoms with E-state index in [0.717, 1.165) is 0 Å². The van der Waals surface area contributed by atoms with Gasteiger partial charge in [-0.05, 0) is 31.0 Å². The minimum absolute atomic E-state index is 0.157. The molecule has 1 fully saturated rings. The van der Waals surface area contributed by atoms with E-state index in [-0.39, 0.29) is 12.5 Å². The number of aliphatic hydroxyl groups is 1. The third-order valence-electron chi connectivity index (χ3n) is 4.04. The third kappa shape index (κ3) is 3.02. The van der Waals surface area contributed by atoms with Crippen molar-refractivity contribution in [2.45, 2.75) is 18.4 Å². The standard InChI is InChI=1S/C15H17ClN4O3/c1-23-12-7-10(16)3-4-11(12)14(21)20-6-2-5-15(22,9-20)13-8-17-19-18-13/h3-4,7-8,22H,2,5-6,9H2,1H3,(H,17,18,19)/t15-/m0/s1. The molecule has 2 N–H and O–H groups in total. The molecule has 23 heavy (non-hydrogen) atoms. The zero-order valence-electron chi connectivity index (χ0n) is 12.6. The molecule has 1 atom stereocenters. The van der Waals surface area contributed by atoms with Crippen LogP contribution in [0.5, 0.6) is 5.75 Å². The normalized spacial score (nSPS) is 21.3. The number of nitrogens with one attached hydrogen (secondary N) is 1. The fourth-order valence-corrected chi connectivity index (χ4v) is 3.02. The molecule has 2 aromatic rings. The molecule has 0 radical (unpaired) electrons. The van der Waals surface area contributed by atoms with Gasteiger partial charge < -0.3 is 14.7 Å². The van der Waals surface area contributed by atoms with Crippen LogP contribution in [0.2, 0.25) is 5.02 Å². The SMILES string of the molecule is COc1cc(Cl)ccc1C(=O)N1CCC[C@@](O)(c2cn[nH]n2)C1. The average molecular weight is 337 g/mol. The van der Waals surface area contributed by atoms with Crippen molar-refractivity contribution in [2.75, 3.05) is 20.2 Å². The lowest BCUT2D eigenvalue weighted by molar-refractivity contribution is -0.0321. The summed E-state index contributed by atoms with van der Waals surface area (Å²) in [4.78, 5) is 14.4. The summed E-state index contributed by atoms with van der Waals surface area (Å²) >= 11 is 5.94. The molecule has 122 valence electrons. The number of aromatic amines is 1. The minimum atomic E-state index is -1.19. The second kappa shape index (κ2) is 6.17. The summed E-state index contributed by atoms with van der Waals surface area (Å²) in [6.07, 6.45) is 2.68. The van der Waals surface area contributed by atoms with Crippen LogP contribution < -0.4 is 4.74 Å². The van der Waals surface area contributed by atoms with E-state index >= 15 is 0 Å². The molecule has 1 aromatic carbocycles. The summed E-state index contributed by atoms with van der Waals surface area (Å²) in [6, 6.07) is 4.88. The molecule has 1 aliphatic rings. The number of carbonyl (C=O) groups is 1. The van der Waals surface area contributed by atoms with Crippen LogP contribution in [0.4, 0.5) is 0 Å². The first-order chi connectivity index (χ1) is 11.0. The van der Waals surface area contributed by atoms with Crippen LogP contribution in [0.25, 0.3) is 0 Å². The zero-order valence-corrected chi connectivity index (χ0v) is 13.4. The largest absolute Gasteiger partial charge is 0.496 e. The van der Waals surface area contributed by atoms with Crippen molar-refractivity contribution >= 4 is 17.5 Å². The molecule has 1 saturated heterocycles. The van der Waals surface area contributed by atoms with Gasteiger partial charge >= 0.3 is 0 Å². The number of piperidine rings is 1. The topological polar surface area (TPSA) is 91.3 Å². The van der Waals surface area contributed by atoms with Crippen molar-refractivity contribution in [3.8, 4) is 5.75 Å². The van der Waals surface area contributed by atoms with E-state index < -0.39 is 5.60 Å². The molecule has 0 aliphatic carbocycles. The van der Waals surface area contributed by atoms with Gasteiger partial charge in [-0.3, -0.25) is 4.79 Å². The van der Waals surface area contributed by atoms with Crippen LogP contribution in [0, 0.1) is 0 Å². The maximum Gasteiger partial charge on any atom is 0.257 e.